The Kier molecular flexibility index (Phi) is 8.97. The average molecular weight is 488 g/mol. The zero-order valence-corrected chi connectivity index (χ0v) is 20.6. The van der Waals surface area contributed by atoms with E-state index in [1.165, 1.54) is 5.56 Å². The second-order valence-electron chi connectivity index (χ2n) is 8.84. The molecule has 1 heterocycles. The molecule has 0 unspecified atom stereocenters. The van der Waals surface area contributed by atoms with Crippen molar-refractivity contribution in [2.45, 2.75) is 6.42 Å². The first-order valence-corrected chi connectivity index (χ1v) is 12.2. The van der Waals surface area contributed by atoms with Crippen LogP contribution in [0.3, 0.4) is 0 Å². The van der Waals surface area contributed by atoms with E-state index in [2.05, 4.69) is 64.9 Å². The highest BCUT2D eigenvalue weighted by atomic mass is 16.7. The average Bonchev–Trinajstić information content (AvgIpc) is 2.89. The summed E-state index contributed by atoms with van der Waals surface area (Å²) in [6.45, 7) is 4.61. The van der Waals surface area contributed by atoms with Crippen molar-refractivity contribution in [2.24, 2.45) is 0 Å². The number of ether oxygens (including phenoxy) is 1. The fourth-order valence-corrected chi connectivity index (χ4v) is 4.02. The van der Waals surface area contributed by atoms with Crippen LogP contribution in [0.15, 0.2) is 85.1 Å². The van der Waals surface area contributed by atoms with Crippen LogP contribution in [0.1, 0.15) is 11.1 Å². The Morgan fingerprint density at radius 2 is 1.64 bits per heavy atom. The van der Waals surface area contributed by atoms with E-state index in [0.29, 0.717) is 24.5 Å². The van der Waals surface area contributed by atoms with E-state index in [0.717, 1.165) is 43.0 Å². The maximum Gasteiger partial charge on any atom is 0.307 e. The monoisotopic (exact) mass is 487 g/mol. The van der Waals surface area contributed by atoms with E-state index in [1.807, 2.05) is 24.3 Å². The zero-order chi connectivity index (χ0) is 25.2. The number of hydrogen-bond donors (Lipinski definition) is 2. The normalized spacial score (nSPS) is 14.5. The van der Waals surface area contributed by atoms with Gasteiger partial charge >= 0.3 is 5.97 Å². The Labute approximate surface area is 212 Å². The lowest BCUT2D eigenvalue weighted by atomic mass is 10.0. The Morgan fingerprint density at radius 3 is 2.36 bits per heavy atom. The number of rotatable bonds is 11. The third-order valence-corrected chi connectivity index (χ3v) is 6.04. The second-order valence-corrected chi connectivity index (χ2v) is 8.84. The van der Waals surface area contributed by atoms with Crippen LogP contribution >= 0.6 is 0 Å². The van der Waals surface area contributed by atoms with Gasteiger partial charge < -0.3 is 19.6 Å². The van der Waals surface area contributed by atoms with Gasteiger partial charge in [0.05, 0.1) is 12.1 Å². The summed E-state index contributed by atoms with van der Waals surface area (Å²) in [6, 6.07) is 25.9. The number of likely N-dealkylation sites (N-methyl/N-ethyl adjacent to an activating group) is 1. The molecule has 2 N–H and O–H groups in total. The molecule has 7 nitrogen and oxygen atoms in total. The number of nitrogens with one attached hydrogen (secondary N) is 1. The fraction of sp³-hybridized carbons (Fsp3) is 0.276. The van der Waals surface area contributed by atoms with Gasteiger partial charge in [-0.2, -0.15) is 0 Å². The van der Waals surface area contributed by atoms with Crippen molar-refractivity contribution in [3.8, 4) is 16.9 Å². The van der Waals surface area contributed by atoms with Gasteiger partial charge in [0.15, 0.2) is 0 Å². The highest BCUT2D eigenvalue weighted by molar-refractivity contribution is 5.70. The lowest BCUT2D eigenvalue weighted by Gasteiger charge is -2.32. The number of hydroxylamine groups is 1. The molecule has 0 aliphatic carbocycles. The maximum absolute atomic E-state index is 10.9. The number of carboxylic acids is 1. The molecule has 0 amide bonds. The van der Waals surface area contributed by atoms with Crippen molar-refractivity contribution < 1.29 is 19.5 Å². The SMILES string of the molecule is CN1CCN(C=C(NOCCOc2cccc(CC(=O)O)c2)c2ccc(-c3ccccc3)cc2)CC1. The first-order valence-electron chi connectivity index (χ1n) is 12.2. The molecule has 3 aromatic rings. The third-order valence-electron chi connectivity index (χ3n) is 6.04. The smallest absolute Gasteiger partial charge is 0.307 e. The standard InChI is InChI=1S/C29H33N3O4/c1-31-14-16-32(17-15-31)22-28(26-12-10-25(11-13-26)24-7-3-2-4-8-24)30-36-19-18-35-27-9-5-6-23(20-27)21-29(33)34/h2-13,20,22,30H,14-19,21H2,1H3,(H,33,34). The van der Waals surface area contributed by atoms with Gasteiger partial charge in [-0.3, -0.25) is 15.1 Å². The van der Waals surface area contributed by atoms with E-state index < -0.39 is 5.97 Å². The predicted molar refractivity (Wildman–Crippen MR) is 141 cm³/mol. The third kappa shape index (κ3) is 7.60. The predicted octanol–water partition coefficient (Wildman–Crippen LogP) is 4.13. The van der Waals surface area contributed by atoms with Crippen molar-refractivity contribution in [1.82, 2.24) is 15.3 Å². The van der Waals surface area contributed by atoms with Crippen molar-refractivity contribution in [2.75, 3.05) is 46.4 Å². The number of carboxylic acid groups (broad SMARTS) is 1. The first kappa shape index (κ1) is 25.3. The number of aliphatic carboxylic acids is 1. The molecule has 7 heteroatoms. The summed E-state index contributed by atoms with van der Waals surface area (Å²) >= 11 is 0. The molecular weight excluding hydrogens is 454 g/mol. The molecule has 188 valence electrons. The lowest BCUT2D eigenvalue weighted by Crippen LogP contribution is -2.42. The Hall–Kier alpha value is -3.81. The Balaban J connectivity index is 1.37. The Morgan fingerprint density at radius 1 is 0.917 bits per heavy atom. The highest BCUT2D eigenvalue weighted by Gasteiger charge is 2.13. The minimum Gasteiger partial charge on any atom is -0.491 e. The molecular formula is C29H33N3O4. The molecule has 1 aliphatic heterocycles. The van der Waals surface area contributed by atoms with E-state index in [4.69, 9.17) is 14.7 Å². The molecule has 1 fully saturated rings. The fourth-order valence-electron chi connectivity index (χ4n) is 4.02. The van der Waals surface area contributed by atoms with Gasteiger partial charge in [-0.25, -0.2) is 0 Å². The van der Waals surface area contributed by atoms with Crippen LogP contribution in [-0.4, -0.2) is 67.3 Å². The van der Waals surface area contributed by atoms with E-state index in [1.54, 1.807) is 18.2 Å². The first-order chi connectivity index (χ1) is 17.6. The summed E-state index contributed by atoms with van der Waals surface area (Å²) in [4.78, 5) is 21.3. The summed E-state index contributed by atoms with van der Waals surface area (Å²) in [5.74, 6) is -0.238. The van der Waals surface area contributed by atoms with E-state index >= 15 is 0 Å². The van der Waals surface area contributed by atoms with Crippen LogP contribution in [0.5, 0.6) is 5.75 Å². The van der Waals surface area contributed by atoms with Crippen molar-refractivity contribution in [3.63, 3.8) is 0 Å². The van der Waals surface area contributed by atoms with Crippen LogP contribution in [0.25, 0.3) is 16.8 Å². The molecule has 1 aliphatic rings. The summed E-state index contributed by atoms with van der Waals surface area (Å²) < 4.78 is 5.75. The molecule has 36 heavy (non-hydrogen) atoms. The quantitative estimate of drug-likeness (QED) is 0.311. The minimum absolute atomic E-state index is 0.0290. The molecule has 0 saturated carbocycles. The number of hydrogen-bond acceptors (Lipinski definition) is 6. The number of piperazine rings is 1. The number of nitrogens with zero attached hydrogens (tertiary/aromatic N) is 2. The van der Waals surface area contributed by atoms with Gasteiger partial charge in [0.2, 0.25) is 0 Å². The van der Waals surface area contributed by atoms with Crippen LogP contribution in [-0.2, 0) is 16.1 Å². The minimum atomic E-state index is -0.865. The van der Waals surface area contributed by atoms with Gasteiger partial charge in [-0.05, 0) is 35.9 Å². The molecule has 0 spiro atoms. The van der Waals surface area contributed by atoms with Gasteiger partial charge in [0.25, 0.3) is 0 Å². The Bertz CT molecular complexity index is 1140. The molecule has 0 aromatic heterocycles. The molecule has 0 atom stereocenters. The van der Waals surface area contributed by atoms with Crippen LogP contribution in [0.4, 0.5) is 0 Å². The van der Waals surface area contributed by atoms with Crippen molar-refractivity contribution >= 4 is 11.7 Å². The topological polar surface area (TPSA) is 74.3 Å². The largest absolute Gasteiger partial charge is 0.491 e. The lowest BCUT2D eigenvalue weighted by molar-refractivity contribution is -0.136. The molecule has 0 bridgehead atoms. The molecule has 3 aromatic carbocycles. The van der Waals surface area contributed by atoms with Crippen LogP contribution < -0.4 is 10.2 Å². The summed E-state index contributed by atoms with van der Waals surface area (Å²) in [5.41, 5.74) is 8.11. The van der Waals surface area contributed by atoms with Crippen LogP contribution in [0, 0.1) is 0 Å². The van der Waals surface area contributed by atoms with Crippen LogP contribution in [0.2, 0.25) is 0 Å². The molecule has 0 radical (unpaired) electrons. The highest BCUT2D eigenvalue weighted by Crippen LogP contribution is 2.22. The van der Waals surface area contributed by atoms with Gasteiger partial charge in [-0.1, -0.05) is 66.7 Å². The number of carbonyl (C=O) groups is 1. The van der Waals surface area contributed by atoms with Gasteiger partial charge in [0.1, 0.15) is 19.0 Å². The second kappa shape index (κ2) is 12.8. The van der Waals surface area contributed by atoms with Crippen molar-refractivity contribution in [3.05, 3.63) is 96.2 Å². The van der Waals surface area contributed by atoms with Gasteiger partial charge in [0, 0.05) is 37.9 Å². The summed E-state index contributed by atoms with van der Waals surface area (Å²) in [6.07, 6.45) is 2.10. The van der Waals surface area contributed by atoms with E-state index in [-0.39, 0.29) is 6.42 Å². The zero-order valence-electron chi connectivity index (χ0n) is 20.6. The number of benzene rings is 3. The summed E-state index contributed by atoms with van der Waals surface area (Å²) in [5, 5.41) is 8.97. The maximum atomic E-state index is 10.9. The van der Waals surface area contributed by atoms with Gasteiger partial charge in [-0.15, -0.1) is 0 Å². The van der Waals surface area contributed by atoms with Crippen molar-refractivity contribution in [1.29, 1.82) is 0 Å². The molecule has 1 saturated heterocycles. The summed E-state index contributed by atoms with van der Waals surface area (Å²) in [7, 11) is 2.14. The van der Waals surface area contributed by atoms with E-state index in [9.17, 15) is 4.79 Å². The molecule has 4 rings (SSSR count).